The number of β-lactam (4-membered cyclic amide) rings is 1. The number of carbonyl (C=O) groups excluding carboxylic acids is 1. The van der Waals surface area contributed by atoms with E-state index in [4.69, 9.17) is 0 Å². The average Bonchev–Trinajstić information content (AvgIpc) is 2.37. The number of hydrogen-bond acceptors (Lipinski definition) is 5. The summed E-state index contributed by atoms with van der Waals surface area (Å²) in [6, 6.07) is 0. The molecule has 2 unspecified atom stereocenters. The van der Waals surface area contributed by atoms with Gasteiger partial charge in [0.2, 0.25) is 5.91 Å². The smallest absolute Gasteiger partial charge is 0.294 e. The van der Waals surface area contributed by atoms with Crippen LogP contribution in [0.25, 0.3) is 0 Å². The molecule has 2 aliphatic heterocycles. The summed E-state index contributed by atoms with van der Waals surface area (Å²) in [6.45, 7) is 2.48. The van der Waals surface area contributed by atoms with Gasteiger partial charge in [0.15, 0.2) is 0 Å². The lowest BCUT2D eigenvalue weighted by Crippen LogP contribution is -2.48. The fraction of sp³-hybridized carbons (Fsp3) is 0.857. The number of rotatable bonds is 3. The molecule has 2 aliphatic rings. The van der Waals surface area contributed by atoms with E-state index in [0.29, 0.717) is 13.0 Å². The predicted octanol–water partition coefficient (Wildman–Crippen LogP) is 0.259. The second kappa shape index (κ2) is 3.01. The van der Waals surface area contributed by atoms with Gasteiger partial charge in [0.05, 0.1) is 16.5 Å². The largest absolute Gasteiger partial charge is 0.329 e. The van der Waals surface area contributed by atoms with Gasteiger partial charge in [-0.25, -0.2) is 0 Å². The Bertz CT molecular complexity index is 297. The molecule has 1 amide bonds. The molecule has 0 bridgehead atoms. The SMILES string of the molecule is CC1(CO[N+](=O)[O-])CN2C(=O)CC2S1. The van der Waals surface area contributed by atoms with Gasteiger partial charge in [-0.2, -0.15) is 0 Å². The lowest BCUT2D eigenvalue weighted by molar-refractivity contribution is -0.758. The molecule has 0 saturated carbocycles. The summed E-state index contributed by atoms with van der Waals surface area (Å²) in [5.41, 5.74) is 0. The zero-order valence-corrected chi connectivity index (χ0v) is 8.45. The van der Waals surface area contributed by atoms with Crippen molar-refractivity contribution in [3.05, 3.63) is 10.1 Å². The van der Waals surface area contributed by atoms with Crippen molar-refractivity contribution in [2.24, 2.45) is 0 Å². The second-order valence-electron chi connectivity index (χ2n) is 3.75. The fourth-order valence-corrected chi connectivity index (χ4v) is 3.25. The van der Waals surface area contributed by atoms with Gasteiger partial charge in [-0.15, -0.1) is 21.9 Å². The highest BCUT2D eigenvalue weighted by molar-refractivity contribution is 8.01. The van der Waals surface area contributed by atoms with Crippen LogP contribution in [0.3, 0.4) is 0 Å². The number of fused-ring (bicyclic) bond motifs is 1. The molecule has 2 heterocycles. The summed E-state index contributed by atoms with van der Waals surface area (Å²) in [5.74, 6) is 0.132. The molecule has 2 saturated heterocycles. The molecule has 2 fully saturated rings. The Balaban J connectivity index is 1.92. The van der Waals surface area contributed by atoms with Crippen molar-refractivity contribution in [1.29, 1.82) is 0 Å². The first-order valence-electron chi connectivity index (χ1n) is 4.25. The van der Waals surface area contributed by atoms with Crippen molar-refractivity contribution >= 4 is 17.7 Å². The van der Waals surface area contributed by atoms with Crippen molar-refractivity contribution in [2.75, 3.05) is 13.2 Å². The maximum atomic E-state index is 11.1. The molecule has 2 rings (SSSR count). The van der Waals surface area contributed by atoms with Gasteiger partial charge in [0, 0.05) is 6.54 Å². The number of thioether (sulfide) groups is 1. The van der Waals surface area contributed by atoms with Gasteiger partial charge in [-0.3, -0.25) is 4.79 Å². The summed E-state index contributed by atoms with van der Waals surface area (Å²) in [7, 11) is 0. The van der Waals surface area contributed by atoms with E-state index in [2.05, 4.69) is 4.84 Å². The number of nitrogens with zero attached hydrogens (tertiary/aromatic N) is 2. The predicted molar refractivity (Wildman–Crippen MR) is 49.1 cm³/mol. The molecular formula is C7H10N2O4S. The summed E-state index contributed by atoms with van der Waals surface area (Å²) in [6.07, 6.45) is 0.554. The molecular weight excluding hydrogens is 208 g/mol. The highest BCUT2D eigenvalue weighted by Crippen LogP contribution is 2.46. The van der Waals surface area contributed by atoms with E-state index >= 15 is 0 Å². The topological polar surface area (TPSA) is 72.7 Å². The molecule has 6 nitrogen and oxygen atoms in total. The first-order chi connectivity index (χ1) is 6.50. The zero-order valence-electron chi connectivity index (χ0n) is 7.63. The minimum absolute atomic E-state index is 0.0466. The Hall–Kier alpha value is -0.980. The maximum Gasteiger partial charge on any atom is 0.294 e. The molecule has 0 aromatic carbocycles. The van der Waals surface area contributed by atoms with Gasteiger partial charge in [-0.05, 0) is 6.92 Å². The number of carbonyl (C=O) groups is 1. The van der Waals surface area contributed by atoms with E-state index in [9.17, 15) is 14.9 Å². The molecule has 0 N–H and O–H groups in total. The van der Waals surface area contributed by atoms with E-state index < -0.39 is 5.09 Å². The van der Waals surface area contributed by atoms with Crippen LogP contribution < -0.4 is 0 Å². The van der Waals surface area contributed by atoms with Crippen LogP contribution in [0.2, 0.25) is 0 Å². The highest BCUT2D eigenvalue weighted by atomic mass is 32.2. The van der Waals surface area contributed by atoms with Crippen molar-refractivity contribution in [2.45, 2.75) is 23.5 Å². The van der Waals surface area contributed by atoms with Gasteiger partial charge < -0.3 is 9.74 Å². The van der Waals surface area contributed by atoms with Gasteiger partial charge in [0.1, 0.15) is 6.61 Å². The minimum atomic E-state index is -0.789. The van der Waals surface area contributed by atoms with Gasteiger partial charge in [0.25, 0.3) is 5.09 Å². The third-order valence-electron chi connectivity index (χ3n) is 2.42. The first kappa shape index (κ1) is 9.57. The Kier molecular flexibility index (Phi) is 2.06. The monoisotopic (exact) mass is 218 g/mol. The van der Waals surface area contributed by atoms with E-state index in [1.54, 1.807) is 16.7 Å². The van der Waals surface area contributed by atoms with Crippen LogP contribution in [-0.2, 0) is 9.63 Å². The Morgan fingerprint density at radius 1 is 1.86 bits per heavy atom. The molecule has 7 heteroatoms. The summed E-state index contributed by atoms with van der Waals surface area (Å²) >= 11 is 1.58. The maximum absolute atomic E-state index is 11.1. The van der Waals surface area contributed by atoms with Crippen LogP contribution in [-0.4, -0.2) is 39.2 Å². The van der Waals surface area contributed by atoms with Gasteiger partial charge >= 0.3 is 0 Å². The standard InChI is InChI=1S/C7H10N2O4S/c1-7(4-13-9(11)12)3-8-5(10)2-6(8)14-7/h6H,2-4H2,1H3. The third kappa shape index (κ3) is 1.52. The normalized spacial score (nSPS) is 35.1. The molecule has 78 valence electrons. The summed E-state index contributed by atoms with van der Waals surface area (Å²) < 4.78 is -0.329. The van der Waals surface area contributed by atoms with E-state index in [1.165, 1.54) is 0 Å². The summed E-state index contributed by atoms with van der Waals surface area (Å²) in [5, 5.41) is 9.46. The molecule has 0 aliphatic carbocycles. The highest BCUT2D eigenvalue weighted by Gasteiger charge is 2.50. The lowest BCUT2D eigenvalue weighted by Gasteiger charge is -2.32. The van der Waals surface area contributed by atoms with E-state index in [1.807, 2.05) is 6.92 Å². The Morgan fingerprint density at radius 3 is 3.07 bits per heavy atom. The minimum Gasteiger partial charge on any atom is -0.329 e. The first-order valence-corrected chi connectivity index (χ1v) is 5.13. The van der Waals surface area contributed by atoms with Crippen molar-refractivity contribution in [3.8, 4) is 0 Å². The Labute approximate surface area is 84.7 Å². The van der Waals surface area contributed by atoms with Gasteiger partial charge in [-0.1, -0.05) is 0 Å². The number of amides is 1. The molecule has 0 aromatic rings. The molecule has 0 radical (unpaired) electrons. The van der Waals surface area contributed by atoms with E-state index in [0.717, 1.165) is 0 Å². The van der Waals surface area contributed by atoms with Crippen molar-refractivity contribution in [3.63, 3.8) is 0 Å². The van der Waals surface area contributed by atoms with Crippen LogP contribution in [0.1, 0.15) is 13.3 Å². The lowest BCUT2D eigenvalue weighted by atomic mass is 10.1. The number of hydrogen-bond donors (Lipinski definition) is 0. The second-order valence-corrected chi connectivity index (χ2v) is 5.51. The van der Waals surface area contributed by atoms with Crippen LogP contribution in [0.4, 0.5) is 0 Å². The van der Waals surface area contributed by atoms with E-state index in [-0.39, 0.29) is 22.6 Å². The third-order valence-corrected chi connectivity index (χ3v) is 3.93. The van der Waals surface area contributed by atoms with Crippen LogP contribution in [0, 0.1) is 10.1 Å². The zero-order chi connectivity index (χ0) is 10.3. The van der Waals surface area contributed by atoms with Crippen LogP contribution >= 0.6 is 11.8 Å². The molecule has 2 atom stereocenters. The molecule has 14 heavy (non-hydrogen) atoms. The molecule has 0 aromatic heterocycles. The van der Waals surface area contributed by atoms with Crippen molar-refractivity contribution in [1.82, 2.24) is 4.90 Å². The average molecular weight is 218 g/mol. The van der Waals surface area contributed by atoms with Crippen LogP contribution in [0.15, 0.2) is 0 Å². The molecule has 0 spiro atoms. The fourth-order valence-electron chi connectivity index (χ4n) is 1.72. The van der Waals surface area contributed by atoms with Crippen LogP contribution in [0.5, 0.6) is 0 Å². The summed E-state index contributed by atoms with van der Waals surface area (Å²) in [4.78, 5) is 27.2. The Morgan fingerprint density at radius 2 is 2.57 bits per heavy atom. The van der Waals surface area contributed by atoms with Crippen molar-refractivity contribution < 1.29 is 14.7 Å². The quantitative estimate of drug-likeness (QED) is 0.386.